The van der Waals surface area contributed by atoms with Crippen LogP contribution in [0.5, 0.6) is 0 Å². The summed E-state index contributed by atoms with van der Waals surface area (Å²) < 4.78 is 0. The monoisotopic (exact) mass is 369 g/mol. The summed E-state index contributed by atoms with van der Waals surface area (Å²) in [6.45, 7) is -0.505. The van der Waals surface area contributed by atoms with Gasteiger partial charge in [-0.15, -0.1) is 0 Å². The minimum atomic E-state index is -1.21. The number of carboxylic acid groups (broad SMARTS) is 3. The number of amides is 2. The molecule has 1 unspecified atom stereocenters. The number of aliphatic hydroxyl groups excluding tert-OH is 1. The Kier molecular flexibility index (Phi) is 16.0. The maximum absolute atomic E-state index is 9.99. The van der Waals surface area contributed by atoms with E-state index in [1.54, 1.807) is 0 Å². The third kappa shape index (κ3) is 21.2. The van der Waals surface area contributed by atoms with Gasteiger partial charge in [0.1, 0.15) is 18.1 Å². The molecule has 0 bridgehead atoms. The van der Waals surface area contributed by atoms with E-state index in [1.165, 1.54) is 0 Å². The summed E-state index contributed by atoms with van der Waals surface area (Å²) in [5, 5.41) is 32.1. The predicted molar refractivity (Wildman–Crippen MR) is 81.5 cm³/mol. The third-order valence-corrected chi connectivity index (χ3v) is 1.99. The van der Waals surface area contributed by atoms with Crippen LogP contribution in [0.2, 0.25) is 0 Å². The van der Waals surface area contributed by atoms with Crippen LogP contribution in [0.25, 0.3) is 0 Å². The van der Waals surface area contributed by atoms with Gasteiger partial charge in [-0.05, 0) is 0 Å². The van der Waals surface area contributed by atoms with E-state index in [0.29, 0.717) is 0 Å². The highest BCUT2D eigenvalue weighted by Gasteiger charge is 2.13. The molecule has 14 N–H and O–H groups in total. The number of aliphatic carboxylic acids is 3. The maximum atomic E-state index is 9.99. The van der Waals surface area contributed by atoms with Gasteiger partial charge in [-0.3, -0.25) is 24.0 Å². The van der Waals surface area contributed by atoms with Gasteiger partial charge in [0.25, 0.3) is 0 Å². The van der Waals surface area contributed by atoms with Crippen molar-refractivity contribution < 1.29 is 44.4 Å². The average molecular weight is 369 g/mol. The average Bonchev–Trinajstić information content (AvgIpc) is 2.45. The SMILES string of the molecule is NC(=O)CC(N)C(=O)O.NC(=O)C[C@H](N)C(=O)O.N[C@@H](CO)C(=O)O. The van der Waals surface area contributed by atoms with E-state index in [9.17, 15) is 24.0 Å². The van der Waals surface area contributed by atoms with Crippen LogP contribution in [-0.2, 0) is 24.0 Å². The smallest absolute Gasteiger partial charge is 0.322 e. The molecule has 0 heterocycles. The van der Waals surface area contributed by atoms with Crippen molar-refractivity contribution in [2.75, 3.05) is 6.61 Å². The molecule has 3 atom stereocenters. The van der Waals surface area contributed by atoms with E-state index >= 15 is 0 Å². The number of primary amides is 2. The summed E-state index contributed by atoms with van der Waals surface area (Å²) in [6, 6.07) is -3.45. The minimum Gasteiger partial charge on any atom is -0.480 e. The van der Waals surface area contributed by atoms with Gasteiger partial charge in [0.2, 0.25) is 11.8 Å². The summed E-state index contributed by atoms with van der Waals surface area (Å²) in [6.07, 6.45) is -0.620. The summed E-state index contributed by atoms with van der Waals surface area (Å²) in [4.78, 5) is 49.4. The molecule has 0 saturated carbocycles. The van der Waals surface area contributed by atoms with Gasteiger partial charge in [-0.25, -0.2) is 0 Å². The number of nitrogens with two attached hydrogens (primary N) is 5. The van der Waals surface area contributed by atoms with E-state index in [1.807, 2.05) is 0 Å². The first kappa shape index (κ1) is 27.1. The van der Waals surface area contributed by atoms with E-state index in [-0.39, 0.29) is 12.8 Å². The molecule has 0 aliphatic carbocycles. The van der Waals surface area contributed by atoms with E-state index in [2.05, 4.69) is 11.5 Å². The highest BCUT2D eigenvalue weighted by Crippen LogP contribution is 1.85. The number of hydrogen-bond donors (Lipinski definition) is 9. The minimum absolute atomic E-state index is 0.310. The molecule has 0 fully saturated rings. The van der Waals surface area contributed by atoms with Crippen LogP contribution < -0.4 is 28.7 Å². The Morgan fingerprint density at radius 1 is 0.640 bits per heavy atom. The van der Waals surface area contributed by atoms with Gasteiger partial charge in [-0.2, -0.15) is 0 Å². The van der Waals surface area contributed by atoms with Crippen molar-refractivity contribution >= 4 is 29.7 Å². The molecule has 25 heavy (non-hydrogen) atoms. The molecule has 146 valence electrons. The number of carbonyl (C=O) groups excluding carboxylic acids is 2. The van der Waals surface area contributed by atoms with Crippen molar-refractivity contribution in [3.05, 3.63) is 0 Å². The molecule has 14 heteroatoms. The molecule has 0 aliphatic rings. The summed E-state index contributed by atoms with van der Waals surface area (Å²) >= 11 is 0. The Morgan fingerprint density at radius 2 is 0.880 bits per heavy atom. The number of carbonyl (C=O) groups is 5. The molecule has 0 spiro atoms. The number of rotatable bonds is 8. The van der Waals surface area contributed by atoms with Crippen LogP contribution in [0.3, 0.4) is 0 Å². The van der Waals surface area contributed by atoms with Gasteiger partial charge in [0.05, 0.1) is 19.4 Å². The normalized spacial score (nSPS) is 12.8. The zero-order valence-corrected chi connectivity index (χ0v) is 13.1. The first-order valence-electron chi connectivity index (χ1n) is 6.38. The molecule has 2 amide bonds. The second-order valence-corrected chi connectivity index (χ2v) is 4.36. The van der Waals surface area contributed by atoms with Gasteiger partial charge in [0, 0.05) is 0 Å². The lowest BCUT2D eigenvalue weighted by molar-refractivity contribution is -0.140. The van der Waals surface area contributed by atoms with Crippen molar-refractivity contribution in [3.63, 3.8) is 0 Å². The molecular weight excluding hydrogens is 346 g/mol. The highest BCUT2D eigenvalue weighted by atomic mass is 16.4. The molecule has 0 aromatic carbocycles. The molecular formula is C11H23N5O9. The van der Waals surface area contributed by atoms with Crippen LogP contribution in [0, 0.1) is 0 Å². The van der Waals surface area contributed by atoms with Crippen LogP contribution in [0.1, 0.15) is 12.8 Å². The largest absolute Gasteiger partial charge is 0.480 e. The Hall–Kier alpha value is -2.81. The lowest BCUT2D eigenvalue weighted by atomic mass is 10.2. The fraction of sp³-hybridized carbons (Fsp3) is 0.545. The van der Waals surface area contributed by atoms with E-state index in [0.717, 1.165) is 0 Å². The first-order valence-corrected chi connectivity index (χ1v) is 6.38. The van der Waals surface area contributed by atoms with Crippen LogP contribution in [-0.4, -0.2) is 74.9 Å². The summed E-state index contributed by atoms with van der Waals surface area (Å²) in [7, 11) is 0. The lowest BCUT2D eigenvalue weighted by Crippen LogP contribution is -2.34. The number of carboxylic acids is 3. The van der Waals surface area contributed by atoms with E-state index in [4.69, 9.17) is 37.6 Å². The lowest BCUT2D eigenvalue weighted by Gasteiger charge is -1.99. The van der Waals surface area contributed by atoms with Crippen LogP contribution >= 0.6 is 0 Å². The van der Waals surface area contributed by atoms with Crippen molar-refractivity contribution in [2.24, 2.45) is 28.7 Å². The zero-order valence-electron chi connectivity index (χ0n) is 13.1. The fourth-order valence-corrected chi connectivity index (χ4v) is 0.686. The molecule has 14 nitrogen and oxygen atoms in total. The van der Waals surface area contributed by atoms with Crippen LogP contribution in [0.15, 0.2) is 0 Å². The van der Waals surface area contributed by atoms with Crippen molar-refractivity contribution in [3.8, 4) is 0 Å². The highest BCUT2D eigenvalue weighted by molar-refractivity contribution is 5.83. The molecule has 0 aromatic heterocycles. The van der Waals surface area contributed by atoms with Crippen molar-refractivity contribution in [1.29, 1.82) is 0 Å². The standard InChI is InChI=1S/2C4H8N2O3.C3H7NO3/c2*5-2(4(8)9)1-3(6)7;4-2(1-5)3(6)7/h2*2H,1,5H2,(H2,6,7)(H,8,9);2,5H,1,4H2,(H,6,7)/t2-;;2-/m0.0/s1. The maximum Gasteiger partial charge on any atom is 0.322 e. The Bertz CT molecular complexity index is 439. The molecule has 0 rings (SSSR count). The van der Waals surface area contributed by atoms with Gasteiger partial charge in [0.15, 0.2) is 0 Å². The summed E-state index contributed by atoms with van der Waals surface area (Å²) in [5.41, 5.74) is 23.9. The Balaban J connectivity index is -0.000000293. The quantitative estimate of drug-likeness (QED) is 0.194. The molecule has 0 radical (unpaired) electrons. The van der Waals surface area contributed by atoms with Gasteiger partial charge < -0.3 is 49.1 Å². The van der Waals surface area contributed by atoms with Gasteiger partial charge >= 0.3 is 17.9 Å². The Labute approximate surface area is 141 Å². The second kappa shape index (κ2) is 14.8. The third-order valence-electron chi connectivity index (χ3n) is 1.99. The molecule has 0 aromatic rings. The number of hydrogen-bond acceptors (Lipinski definition) is 9. The topological polar surface area (TPSA) is 296 Å². The van der Waals surface area contributed by atoms with Crippen LogP contribution in [0.4, 0.5) is 0 Å². The van der Waals surface area contributed by atoms with Crippen molar-refractivity contribution in [2.45, 2.75) is 31.0 Å². The predicted octanol–water partition coefficient (Wildman–Crippen LogP) is -5.06. The Morgan fingerprint density at radius 3 is 0.920 bits per heavy atom. The number of aliphatic hydroxyl groups is 1. The molecule has 0 aliphatic heterocycles. The second-order valence-electron chi connectivity index (χ2n) is 4.36. The molecule has 0 saturated heterocycles. The van der Waals surface area contributed by atoms with Crippen molar-refractivity contribution in [1.82, 2.24) is 0 Å². The van der Waals surface area contributed by atoms with E-state index < -0.39 is 54.5 Å². The fourth-order valence-electron chi connectivity index (χ4n) is 0.686. The van der Waals surface area contributed by atoms with Gasteiger partial charge in [-0.1, -0.05) is 0 Å². The zero-order chi connectivity index (χ0) is 20.7. The first-order chi connectivity index (χ1) is 11.3. The summed E-state index contributed by atoms with van der Waals surface area (Å²) in [5.74, 6) is -5.01.